The molecular formula is C29H45N5O4. The fourth-order valence-corrected chi connectivity index (χ4v) is 4.82. The molecule has 0 bridgehead atoms. The SMILES string of the molecule is CCCC(=O)Nc1ccc(OC(C)(C)CCN2CCN(c3cc(=O)n(C(C)C)c(=O)n3C(C)C)CC2)cc1. The smallest absolute Gasteiger partial charge is 0.333 e. The summed E-state index contributed by atoms with van der Waals surface area (Å²) >= 11 is 0. The topological polar surface area (TPSA) is 88.8 Å². The Morgan fingerprint density at radius 1 is 0.974 bits per heavy atom. The van der Waals surface area contributed by atoms with Crippen LogP contribution in [-0.4, -0.2) is 58.3 Å². The molecule has 1 amide bonds. The van der Waals surface area contributed by atoms with Crippen molar-refractivity contribution >= 4 is 17.4 Å². The minimum Gasteiger partial charge on any atom is -0.488 e. The predicted octanol–water partition coefficient (Wildman–Crippen LogP) is 4.28. The number of amides is 1. The number of nitrogens with one attached hydrogen (secondary N) is 1. The highest BCUT2D eigenvalue weighted by atomic mass is 16.5. The molecule has 1 aromatic carbocycles. The van der Waals surface area contributed by atoms with E-state index in [0.717, 1.165) is 57.0 Å². The average molecular weight is 528 g/mol. The highest BCUT2D eigenvalue weighted by Gasteiger charge is 2.26. The maximum absolute atomic E-state index is 13.1. The largest absolute Gasteiger partial charge is 0.488 e. The van der Waals surface area contributed by atoms with Crippen LogP contribution in [-0.2, 0) is 4.79 Å². The zero-order valence-corrected chi connectivity index (χ0v) is 24.1. The van der Waals surface area contributed by atoms with Crippen LogP contribution in [0.4, 0.5) is 11.5 Å². The molecule has 1 aliphatic rings. The molecule has 1 saturated heterocycles. The van der Waals surface area contributed by atoms with E-state index in [9.17, 15) is 14.4 Å². The van der Waals surface area contributed by atoms with Gasteiger partial charge in [0.25, 0.3) is 5.56 Å². The molecule has 1 aromatic heterocycles. The molecule has 3 rings (SSSR count). The summed E-state index contributed by atoms with van der Waals surface area (Å²) in [4.78, 5) is 42.2. The van der Waals surface area contributed by atoms with Gasteiger partial charge in [-0.15, -0.1) is 0 Å². The first-order valence-corrected chi connectivity index (χ1v) is 13.9. The van der Waals surface area contributed by atoms with Gasteiger partial charge in [-0.05, 0) is 78.6 Å². The van der Waals surface area contributed by atoms with Crippen molar-refractivity contribution < 1.29 is 9.53 Å². The standard InChI is InChI=1S/C29H45N5O4/c1-8-9-25(35)30-23-10-12-24(13-11-23)38-29(6,7)14-15-31-16-18-32(19-17-31)26-20-27(36)34(22(4)5)28(37)33(26)21(2)3/h10-13,20-22H,8-9,14-19H2,1-7H3,(H,30,35). The number of benzene rings is 1. The molecule has 1 aliphatic heterocycles. The lowest BCUT2D eigenvalue weighted by Crippen LogP contribution is -2.51. The van der Waals surface area contributed by atoms with Gasteiger partial charge in [0.15, 0.2) is 0 Å². The van der Waals surface area contributed by atoms with Crippen LogP contribution >= 0.6 is 0 Å². The molecule has 0 saturated carbocycles. The maximum Gasteiger partial charge on any atom is 0.333 e. The Balaban J connectivity index is 1.56. The van der Waals surface area contributed by atoms with Crippen LogP contribution in [0.3, 0.4) is 0 Å². The number of carbonyl (C=O) groups is 1. The van der Waals surface area contributed by atoms with Crippen molar-refractivity contribution in [1.29, 1.82) is 0 Å². The summed E-state index contributed by atoms with van der Waals surface area (Å²) in [5.74, 6) is 1.51. The molecule has 0 aliphatic carbocycles. The Morgan fingerprint density at radius 2 is 1.58 bits per heavy atom. The Labute approximate surface area is 226 Å². The minimum absolute atomic E-state index is 0.0222. The van der Waals surface area contributed by atoms with E-state index in [-0.39, 0.29) is 34.8 Å². The quantitative estimate of drug-likeness (QED) is 0.469. The molecule has 0 spiro atoms. The Kier molecular flexibility index (Phi) is 9.82. The Morgan fingerprint density at radius 3 is 2.13 bits per heavy atom. The second-order valence-corrected chi connectivity index (χ2v) is 11.3. The number of carbonyl (C=O) groups excluding carboxylic acids is 1. The second-order valence-electron chi connectivity index (χ2n) is 11.3. The number of piperazine rings is 1. The Bertz CT molecular complexity index is 1190. The number of hydrogen-bond donors (Lipinski definition) is 1. The van der Waals surface area contributed by atoms with Crippen LogP contribution in [0.15, 0.2) is 39.9 Å². The van der Waals surface area contributed by atoms with Crippen LogP contribution in [0.1, 0.15) is 79.8 Å². The number of rotatable bonds is 11. The summed E-state index contributed by atoms with van der Waals surface area (Å²) in [6.45, 7) is 17.9. The molecule has 38 heavy (non-hydrogen) atoms. The summed E-state index contributed by atoms with van der Waals surface area (Å²) in [5, 5.41) is 2.90. The van der Waals surface area contributed by atoms with Gasteiger partial charge in [-0.2, -0.15) is 0 Å². The molecule has 1 fully saturated rings. The van der Waals surface area contributed by atoms with E-state index in [0.29, 0.717) is 12.2 Å². The number of hydrogen-bond acceptors (Lipinski definition) is 6. The average Bonchev–Trinajstić information content (AvgIpc) is 2.83. The molecule has 2 aromatic rings. The number of anilines is 2. The van der Waals surface area contributed by atoms with Crippen LogP contribution < -0.4 is 26.2 Å². The molecule has 0 radical (unpaired) electrons. The molecule has 0 unspecified atom stereocenters. The van der Waals surface area contributed by atoms with Gasteiger partial charge in [-0.25, -0.2) is 4.79 Å². The van der Waals surface area contributed by atoms with E-state index in [1.807, 2.05) is 58.9 Å². The summed E-state index contributed by atoms with van der Waals surface area (Å²) in [5.41, 5.74) is -0.0652. The van der Waals surface area contributed by atoms with E-state index in [2.05, 4.69) is 29.0 Å². The third-order valence-electron chi connectivity index (χ3n) is 6.92. The van der Waals surface area contributed by atoms with Crippen molar-refractivity contribution in [3.63, 3.8) is 0 Å². The highest BCUT2D eigenvalue weighted by molar-refractivity contribution is 5.90. The zero-order valence-electron chi connectivity index (χ0n) is 24.1. The lowest BCUT2D eigenvalue weighted by atomic mass is 10.0. The third kappa shape index (κ3) is 7.49. The first-order valence-electron chi connectivity index (χ1n) is 13.9. The second kappa shape index (κ2) is 12.7. The summed E-state index contributed by atoms with van der Waals surface area (Å²) in [6.07, 6.45) is 2.18. The Hall–Kier alpha value is -3.07. The lowest BCUT2D eigenvalue weighted by molar-refractivity contribution is -0.116. The fraction of sp³-hybridized carbons (Fsp3) is 0.621. The van der Waals surface area contributed by atoms with Gasteiger partial charge < -0.3 is 15.0 Å². The van der Waals surface area contributed by atoms with E-state index >= 15 is 0 Å². The molecule has 210 valence electrons. The van der Waals surface area contributed by atoms with E-state index in [4.69, 9.17) is 4.74 Å². The first-order chi connectivity index (χ1) is 17.9. The van der Waals surface area contributed by atoms with E-state index < -0.39 is 0 Å². The molecule has 1 N–H and O–H groups in total. The monoisotopic (exact) mass is 527 g/mol. The summed E-state index contributed by atoms with van der Waals surface area (Å²) in [7, 11) is 0. The minimum atomic E-state index is -0.358. The number of nitrogens with zero attached hydrogens (tertiary/aromatic N) is 4. The van der Waals surface area contributed by atoms with Gasteiger partial charge in [0.05, 0.1) is 0 Å². The maximum atomic E-state index is 13.1. The van der Waals surface area contributed by atoms with Crippen molar-refractivity contribution in [2.75, 3.05) is 42.9 Å². The van der Waals surface area contributed by atoms with Crippen LogP contribution in [0.2, 0.25) is 0 Å². The lowest BCUT2D eigenvalue weighted by Gasteiger charge is -2.38. The molecule has 9 heteroatoms. The van der Waals surface area contributed by atoms with Gasteiger partial charge in [0.2, 0.25) is 5.91 Å². The fourth-order valence-electron chi connectivity index (χ4n) is 4.82. The van der Waals surface area contributed by atoms with Crippen LogP contribution in [0.25, 0.3) is 0 Å². The number of ether oxygens (including phenoxy) is 1. The highest BCUT2D eigenvalue weighted by Crippen LogP contribution is 2.24. The van der Waals surface area contributed by atoms with Gasteiger partial charge in [-0.3, -0.25) is 23.6 Å². The van der Waals surface area contributed by atoms with Gasteiger partial charge in [0.1, 0.15) is 17.2 Å². The van der Waals surface area contributed by atoms with E-state index in [1.54, 1.807) is 10.6 Å². The van der Waals surface area contributed by atoms with E-state index in [1.165, 1.54) is 4.57 Å². The van der Waals surface area contributed by atoms with Gasteiger partial charge in [0, 0.05) is 63.0 Å². The normalized spacial score (nSPS) is 14.8. The van der Waals surface area contributed by atoms with Crippen molar-refractivity contribution in [3.8, 4) is 5.75 Å². The number of aromatic nitrogens is 2. The molecule has 2 heterocycles. The van der Waals surface area contributed by atoms with Crippen LogP contribution in [0.5, 0.6) is 5.75 Å². The van der Waals surface area contributed by atoms with Crippen molar-refractivity contribution in [2.24, 2.45) is 0 Å². The summed E-state index contributed by atoms with van der Waals surface area (Å²) in [6, 6.07) is 8.92. The van der Waals surface area contributed by atoms with Crippen molar-refractivity contribution in [1.82, 2.24) is 14.0 Å². The molecule has 9 nitrogen and oxygen atoms in total. The first kappa shape index (κ1) is 29.5. The third-order valence-corrected chi connectivity index (χ3v) is 6.92. The molecule has 0 atom stereocenters. The van der Waals surface area contributed by atoms with Crippen molar-refractivity contribution in [3.05, 3.63) is 51.2 Å². The van der Waals surface area contributed by atoms with Crippen LogP contribution in [0, 0.1) is 0 Å². The van der Waals surface area contributed by atoms with Gasteiger partial charge >= 0.3 is 5.69 Å². The molecular weight excluding hydrogens is 482 g/mol. The zero-order chi connectivity index (χ0) is 28.0. The predicted molar refractivity (Wildman–Crippen MR) is 154 cm³/mol. The summed E-state index contributed by atoms with van der Waals surface area (Å²) < 4.78 is 9.34. The van der Waals surface area contributed by atoms with Gasteiger partial charge in [-0.1, -0.05) is 6.92 Å². The van der Waals surface area contributed by atoms with Crippen molar-refractivity contribution in [2.45, 2.75) is 85.4 Å².